The van der Waals surface area contributed by atoms with Crippen molar-refractivity contribution in [2.24, 2.45) is 0 Å². The number of rotatable bonds is 4. The summed E-state index contributed by atoms with van der Waals surface area (Å²) in [5.74, 6) is 0.606. The molecule has 5 rings (SSSR count). The van der Waals surface area contributed by atoms with Crippen LogP contribution in [0, 0.1) is 13.8 Å². The van der Waals surface area contributed by atoms with Crippen LogP contribution in [0.15, 0.2) is 48.9 Å². The number of aromatic nitrogens is 4. The molecular weight excluding hydrogens is 450 g/mol. The van der Waals surface area contributed by atoms with Gasteiger partial charge in [-0.2, -0.15) is 0 Å². The SMILES string of the molecule is CC(=O)N1CCN(c2ccc(Nc3ncc(Cl)c(-c4cnc5ccccn45)n3)c(C)c2C)CC1. The minimum Gasteiger partial charge on any atom is -0.368 e. The number of anilines is 3. The maximum absolute atomic E-state index is 11.6. The van der Waals surface area contributed by atoms with Crippen LogP contribution in [-0.2, 0) is 4.79 Å². The number of carbonyl (C=O) groups excluding carboxylic acids is 1. The van der Waals surface area contributed by atoms with E-state index in [4.69, 9.17) is 16.6 Å². The highest BCUT2D eigenvalue weighted by molar-refractivity contribution is 6.32. The second kappa shape index (κ2) is 8.95. The van der Waals surface area contributed by atoms with Gasteiger partial charge in [-0.15, -0.1) is 0 Å². The number of piperazine rings is 1. The Morgan fingerprint density at radius 2 is 1.79 bits per heavy atom. The minimum absolute atomic E-state index is 0.137. The van der Waals surface area contributed by atoms with Gasteiger partial charge in [-0.3, -0.25) is 9.20 Å². The predicted octanol–water partition coefficient (Wildman–Crippen LogP) is 4.47. The second-order valence-corrected chi connectivity index (χ2v) is 8.87. The Labute approximate surface area is 203 Å². The number of hydrogen-bond acceptors (Lipinski definition) is 6. The zero-order valence-electron chi connectivity index (χ0n) is 19.4. The van der Waals surface area contributed by atoms with E-state index in [1.165, 1.54) is 11.3 Å². The number of fused-ring (bicyclic) bond motifs is 1. The fraction of sp³-hybridized carbons (Fsp3) is 0.280. The van der Waals surface area contributed by atoms with E-state index in [0.29, 0.717) is 16.7 Å². The van der Waals surface area contributed by atoms with Crippen LogP contribution in [0.5, 0.6) is 0 Å². The molecule has 1 amide bonds. The number of pyridine rings is 1. The second-order valence-electron chi connectivity index (χ2n) is 8.46. The van der Waals surface area contributed by atoms with Crippen molar-refractivity contribution in [3.63, 3.8) is 0 Å². The van der Waals surface area contributed by atoms with E-state index in [0.717, 1.165) is 48.8 Å². The first-order valence-electron chi connectivity index (χ1n) is 11.2. The molecule has 0 spiro atoms. The molecule has 34 heavy (non-hydrogen) atoms. The topological polar surface area (TPSA) is 78.7 Å². The van der Waals surface area contributed by atoms with Crippen molar-refractivity contribution in [2.45, 2.75) is 20.8 Å². The third kappa shape index (κ3) is 4.05. The Hall–Kier alpha value is -3.65. The van der Waals surface area contributed by atoms with Gasteiger partial charge in [-0.1, -0.05) is 17.7 Å². The van der Waals surface area contributed by atoms with Crippen LogP contribution in [0.1, 0.15) is 18.1 Å². The first-order valence-corrected chi connectivity index (χ1v) is 11.6. The van der Waals surface area contributed by atoms with Gasteiger partial charge in [-0.25, -0.2) is 15.0 Å². The molecule has 1 fully saturated rings. The number of imidazole rings is 1. The van der Waals surface area contributed by atoms with Crippen LogP contribution < -0.4 is 10.2 Å². The summed E-state index contributed by atoms with van der Waals surface area (Å²) >= 11 is 6.46. The molecule has 1 aromatic carbocycles. The zero-order chi connectivity index (χ0) is 23.8. The van der Waals surface area contributed by atoms with Crippen molar-refractivity contribution in [1.82, 2.24) is 24.3 Å². The highest BCUT2D eigenvalue weighted by Gasteiger charge is 2.21. The Kier molecular flexibility index (Phi) is 5.83. The van der Waals surface area contributed by atoms with Crippen LogP contribution in [0.2, 0.25) is 5.02 Å². The molecule has 8 nitrogen and oxygen atoms in total. The summed E-state index contributed by atoms with van der Waals surface area (Å²) < 4.78 is 1.95. The lowest BCUT2D eigenvalue weighted by Gasteiger charge is -2.36. The third-order valence-electron chi connectivity index (χ3n) is 6.47. The first-order chi connectivity index (χ1) is 16.4. The number of carbonyl (C=O) groups is 1. The highest BCUT2D eigenvalue weighted by atomic mass is 35.5. The van der Waals surface area contributed by atoms with Gasteiger partial charge in [0.2, 0.25) is 11.9 Å². The summed E-state index contributed by atoms with van der Waals surface area (Å²) in [6.45, 7) is 9.00. The van der Waals surface area contributed by atoms with Crippen LogP contribution in [-0.4, -0.2) is 56.3 Å². The number of nitrogens with zero attached hydrogens (tertiary/aromatic N) is 6. The molecule has 1 aliphatic rings. The number of nitrogens with one attached hydrogen (secondary N) is 1. The Morgan fingerprint density at radius 3 is 2.56 bits per heavy atom. The first kappa shape index (κ1) is 22.2. The minimum atomic E-state index is 0.137. The van der Waals surface area contributed by atoms with Gasteiger partial charge in [-0.05, 0) is 49.2 Å². The summed E-state index contributed by atoms with van der Waals surface area (Å²) in [6, 6.07) is 10.0. The van der Waals surface area contributed by atoms with E-state index in [9.17, 15) is 4.79 Å². The third-order valence-corrected chi connectivity index (χ3v) is 6.75. The normalized spacial score (nSPS) is 14.0. The van der Waals surface area contributed by atoms with Crippen molar-refractivity contribution >= 4 is 40.5 Å². The van der Waals surface area contributed by atoms with Gasteiger partial charge in [0, 0.05) is 50.7 Å². The molecular formula is C25H26ClN7O. The largest absolute Gasteiger partial charge is 0.368 e. The molecule has 0 bridgehead atoms. The molecule has 4 heterocycles. The Morgan fingerprint density at radius 1 is 1.00 bits per heavy atom. The number of amides is 1. The number of benzene rings is 1. The zero-order valence-corrected chi connectivity index (χ0v) is 20.2. The fourth-order valence-electron chi connectivity index (χ4n) is 4.38. The van der Waals surface area contributed by atoms with Crippen LogP contribution >= 0.6 is 11.6 Å². The molecule has 1 N–H and O–H groups in total. The van der Waals surface area contributed by atoms with Gasteiger partial charge in [0.05, 0.1) is 23.1 Å². The van der Waals surface area contributed by atoms with Crippen molar-refractivity contribution in [1.29, 1.82) is 0 Å². The summed E-state index contributed by atoms with van der Waals surface area (Å²) in [5.41, 5.74) is 6.70. The van der Waals surface area contributed by atoms with Crippen molar-refractivity contribution in [3.05, 3.63) is 65.1 Å². The highest BCUT2D eigenvalue weighted by Crippen LogP contribution is 2.32. The molecule has 9 heteroatoms. The smallest absolute Gasteiger partial charge is 0.227 e. The number of hydrogen-bond donors (Lipinski definition) is 1. The van der Waals surface area contributed by atoms with E-state index >= 15 is 0 Å². The molecule has 0 unspecified atom stereocenters. The molecule has 0 atom stereocenters. The lowest BCUT2D eigenvalue weighted by atomic mass is 10.0. The summed E-state index contributed by atoms with van der Waals surface area (Å²) in [6.07, 6.45) is 5.31. The summed E-state index contributed by atoms with van der Waals surface area (Å²) in [5, 5.41) is 3.82. The molecule has 0 saturated carbocycles. The maximum atomic E-state index is 11.6. The van der Waals surface area contributed by atoms with Crippen molar-refractivity contribution in [2.75, 3.05) is 36.4 Å². The lowest BCUT2D eigenvalue weighted by molar-refractivity contribution is -0.129. The van der Waals surface area contributed by atoms with Crippen LogP contribution in [0.4, 0.5) is 17.3 Å². The molecule has 4 aromatic rings. The van der Waals surface area contributed by atoms with E-state index in [1.807, 2.05) is 33.7 Å². The standard InChI is InChI=1S/C25H26ClN7O/c1-16-17(2)21(32-12-10-31(11-13-32)18(3)34)8-7-20(16)29-25-28-14-19(26)24(30-25)22-15-27-23-6-4-5-9-33(22)23/h4-9,14-15H,10-13H2,1-3H3,(H,28,29,30). The lowest BCUT2D eigenvalue weighted by Crippen LogP contribution is -2.48. The molecule has 3 aromatic heterocycles. The van der Waals surface area contributed by atoms with Gasteiger partial charge in [0.25, 0.3) is 0 Å². The molecule has 1 aliphatic heterocycles. The van der Waals surface area contributed by atoms with Crippen LogP contribution in [0.3, 0.4) is 0 Å². The summed E-state index contributed by atoms with van der Waals surface area (Å²) in [7, 11) is 0. The van der Waals surface area contributed by atoms with Gasteiger partial charge in [0.15, 0.2) is 0 Å². The van der Waals surface area contributed by atoms with E-state index < -0.39 is 0 Å². The van der Waals surface area contributed by atoms with Crippen LogP contribution in [0.25, 0.3) is 17.0 Å². The van der Waals surface area contributed by atoms with Gasteiger partial charge in [0.1, 0.15) is 11.3 Å². The average Bonchev–Trinajstić information content (AvgIpc) is 3.27. The summed E-state index contributed by atoms with van der Waals surface area (Å²) in [4.78, 5) is 29.4. The molecule has 0 radical (unpaired) electrons. The van der Waals surface area contributed by atoms with Crippen molar-refractivity contribution < 1.29 is 4.79 Å². The van der Waals surface area contributed by atoms with E-state index in [2.05, 4.69) is 46.2 Å². The predicted molar refractivity (Wildman–Crippen MR) is 135 cm³/mol. The van der Waals surface area contributed by atoms with Gasteiger partial charge < -0.3 is 15.1 Å². The fourth-order valence-corrected chi connectivity index (χ4v) is 4.57. The molecule has 0 aliphatic carbocycles. The van der Waals surface area contributed by atoms with E-state index in [-0.39, 0.29) is 5.91 Å². The Bertz CT molecular complexity index is 1380. The molecule has 174 valence electrons. The van der Waals surface area contributed by atoms with E-state index in [1.54, 1.807) is 19.3 Å². The Balaban J connectivity index is 1.40. The number of halogens is 1. The van der Waals surface area contributed by atoms with Gasteiger partial charge >= 0.3 is 0 Å². The maximum Gasteiger partial charge on any atom is 0.227 e. The quantitative estimate of drug-likeness (QED) is 0.469. The average molecular weight is 476 g/mol. The molecule has 1 saturated heterocycles. The van der Waals surface area contributed by atoms with Crippen molar-refractivity contribution in [3.8, 4) is 11.4 Å². The monoisotopic (exact) mass is 475 g/mol.